The van der Waals surface area contributed by atoms with Gasteiger partial charge in [0.15, 0.2) is 0 Å². The summed E-state index contributed by atoms with van der Waals surface area (Å²) in [5.41, 5.74) is 1.45. The molecule has 0 radical (unpaired) electrons. The molecule has 0 spiro atoms. The second kappa shape index (κ2) is 7.69. The maximum Gasteiger partial charge on any atom is 0.122 e. The first-order valence-corrected chi connectivity index (χ1v) is 6.91. The maximum atomic E-state index is 5.99. The third-order valence-corrected chi connectivity index (χ3v) is 3.79. The van der Waals surface area contributed by atoms with Crippen LogP contribution in [0.15, 0.2) is 10.5 Å². The number of furan rings is 1. The van der Waals surface area contributed by atoms with Crippen molar-refractivity contribution in [3.63, 3.8) is 0 Å². The molecular weight excluding hydrogens is 295 g/mol. The van der Waals surface area contributed by atoms with Crippen molar-refractivity contribution in [3.8, 4) is 0 Å². The van der Waals surface area contributed by atoms with Gasteiger partial charge in [-0.15, -0.1) is 24.8 Å². The molecule has 0 aliphatic carbocycles. The summed E-state index contributed by atoms with van der Waals surface area (Å²) in [6, 6.07) is 2.58. The van der Waals surface area contributed by atoms with Crippen molar-refractivity contribution in [1.29, 1.82) is 0 Å². The molecule has 1 N–H and O–H groups in total. The molecule has 1 saturated heterocycles. The number of piperazine rings is 1. The van der Waals surface area contributed by atoms with Crippen LogP contribution in [-0.2, 0) is 0 Å². The molecule has 1 aromatic rings. The molecule has 0 saturated carbocycles. The van der Waals surface area contributed by atoms with Gasteiger partial charge in [0.25, 0.3) is 0 Å². The zero-order valence-electron chi connectivity index (χ0n) is 13.2. The number of halogens is 2. The zero-order chi connectivity index (χ0) is 13.3. The molecule has 1 atom stereocenters. The number of nitrogens with one attached hydrogen (secondary N) is 1. The molecular formula is C15H28Cl2N2O. The molecule has 118 valence electrons. The van der Waals surface area contributed by atoms with E-state index in [1.165, 1.54) is 5.56 Å². The fourth-order valence-corrected chi connectivity index (χ4v) is 2.83. The van der Waals surface area contributed by atoms with E-state index in [9.17, 15) is 0 Å². The van der Waals surface area contributed by atoms with Gasteiger partial charge in [-0.3, -0.25) is 4.90 Å². The van der Waals surface area contributed by atoms with E-state index in [1.54, 1.807) is 0 Å². The molecule has 3 nitrogen and oxygen atoms in total. The highest BCUT2D eigenvalue weighted by Crippen LogP contribution is 2.39. The number of aryl methyl sites for hydroxylation is 2. The second-order valence-corrected chi connectivity index (χ2v) is 6.44. The van der Waals surface area contributed by atoms with Crippen LogP contribution in [0.1, 0.15) is 43.9 Å². The predicted octanol–water partition coefficient (Wildman–Crippen LogP) is 3.73. The van der Waals surface area contributed by atoms with Crippen molar-refractivity contribution >= 4 is 24.8 Å². The highest BCUT2D eigenvalue weighted by molar-refractivity contribution is 5.85. The van der Waals surface area contributed by atoms with Crippen LogP contribution < -0.4 is 5.32 Å². The Labute approximate surface area is 135 Å². The SMILES string of the molecule is Cc1cc([C@@H](N2CCNCC2)C(C)(C)C)oc1C.Cl.Cl. The fraction of sp³-hybridized carbons (Fsp3) is 0.733. The summed E-state index contributed by atoms with van der Waals surface area (Å²) in [6.07, 6.45) is 0. The van der Waals surface area contributed by atoms with E-state index < -0.39 is 0 Å². The summed E-state index contributed by atoms with van der Waals surface area (Å²) < 4.78 is 5.99. The predicted molar refractivity (Wildman–Crippen MR) is 89.3 cm³/mol. The van der Waals surface area contributed by atoms with E-state index in [0.29, 0.717) is 6.04 Å². The molecule has 5 heteroatoms. The van der Waals surface area contributed by atoms with Gasteiger partial charge in [-0.25, -0.2) is 0 Å². The summed E-state index contributed by atoms with van der Waals surface area (Å²) in [7, 11) is 0. The van der Waals surface area contributed by atoms with Crippen LogP contribution in [0.2, 0.25) is 0 Å². The fourth-order valence-electron chi connectivity index (χ4n) is 2.83. The van der Waals surface area contributed by atoms with Gasteiger partial charge in [0, 0.05) is 26.2 Å². The van der Waals surface area contributed by atoms with Crippen LogP contribution in [-0.4, -0.2) is 31.1 Å². The number of hydrogen-bond acceptors (Lipinski definition) is 3. The molecule has 0 aromatic carbocycles. The van der Waals surface area contributed by atoms with Crippen LogP contribution in [0.25, 0.3) is 0 Å². The highest BCUT2D eigenvalue weighted by atomic mass is 35.5. The Morgan fingerprint density at radius 1 is 1.15 bits per heavy atom. The summed E-state index contributed by atoms with van der Waals surface area (Å²) in [5, 5.41) is 3.42. The van der Waals surface area contributed by atoms with Gasteiger partial charge in [0.1, 0.15) is 11.5 Å². The van der Waals surface area contributed by atoms with Gasteiger partial charge in [0.05, 0.1) is 6.04 Å². The third kappa shape index (κ3) is 4.39. The molecule has 2 rings (SSSR count). The van der Waals surface area contributed by atoms with Gasteiger partial charge >= 0.3 is 0 Å². The monoisotopic (exact) mass is 322 g/mol. The average Bonchev–Trinajstić information content (AvgIpc) is 2.58. The lowest BCUT2D eigenvalue weighted by Gasteiger charge is -2.41. The van der Waals surface area contributed by atoms with E-state index in [-0.39, 0.29) is 30.2 Å². The first-order valence-electron chi connectivity index (χ1n) is 6.91. The summed E-state index contributed by atoms with van der Waals surface area (Å²) >= 11 is 0. The third-order valence-electron chi connectivity index (χ3n) is 3.79. The van der Waals surface area contributed by atoms with Gasteiger partial charge in [0.2, 0.25) is 0 Å². The van der Waals surface area contributed by atoms with E-state index in [0.717, 1.165) is 37.7 Å². The topological polar surface area (TPSA) is 28.4 Å². The van der Waals surface area contributed by atoms with Crippen LogP contribution in [0.4, 0.5) is 0 Å². The largest absolute Gasteiger partial charge is 0.464 e. The van der Waals surface area contributed by atoms with Crippen molar-refractivity contribution in [2.45, 2.75) is 40.7 Å². The van der Waals surface area contributed by atoms with Crippen molar-refractivity contribution in [3.05, 3.63) is 23.2 Å². The van der Waals surface area contributed by atoms with Gasteiger partial charge in [-0.05, 0) is 30.9 Å². The Hall–Kier alpha value is -0.220. The minimum atomic E-state index is 0. The van der Waals surface area contributed by atoms with Gasteiger partial charge < -0.3 is 9.73 Å². The number of nitrogens with zero attached hydrogens (tertiary/aromatic N) is 1. The van der Waals surface area contributed by atoms with E-state index >= 15 is 0 Å². The Morgan fingerprint density at radius 2 is 1.70 bits per heavy atom. The first kappa shape index (κ1) is 19.8. The number of hydrogen-bond donors (Lipinski definition) is 1. The Bertz CT molecular complexity index is 387. The lowest BCUT2D eigenvalue weighted by Crippen LogP contribution is -2.48. The van der Waals surface area contributed by atoms with Crippen molar-refractivity contribution in [1.82, 2.24) is 10.2 Å². The Morgan fingerprint density at radius 3 is 2.10 bits per heavy atom. The molecule has 0 amide bonds. The average molecular weight is 323 g/mol. The maximum absolute atomic E-state index is 5.99. The van der Waals surface area contributed by atoms with E-state index in [2.05, 4.69) is 50.9 Å². The van der Waals surface area contributed by atoms with E-state index in [1.807, 2.05) is 0 Å². The Balaban J connectivity index is 0.00000180. The normalized spacial score (nSPS) is 18.1. The molecule has 1 aromatic heterocycles. The van der Waals surface area contributed by atoms with Crippen LogP contribution >= 0.6 is 24.8 Å². The lowest BCUT2D eigenvalue weighted by atomic mass is 9.83. The summed E-state index contributed by atoms with van der Waals surface area (Å²) in [6.45, 7) is 15.4. The van der Waals surface area contributed by atoms with Gasteiger partial charge in [-0.1, -0.05) is 20.8 Å². The molecule has 1 aliphatic heterocycles. The molecule has 2 heterocycles. The minimum Gasteiger partial charge on any atom is -0.464 e. The standard InChI is InChI=1S/C15H26N2O.2ClH/c1-11-10-13(18-12(11)2)14(15(3,4)5)17-8-6-16-7-9-17;;/h10,14,16H,6-9H2,1-5H3;2*1H/t14-;;/m1../s1. The van der Waals surface area contributed by atoms with Crippen molar-refractivity contribution in [2.75, 3.05) is 26.2 Å². The molecule has 0 unspecified atom stereocenters. The van der Waals surface area contributed by atoms with Crippen LogP contribution in [0, 0.1) is 19.3 Å². The van der Waals surface area contributed by atoms with Gasteiger partial charge in [-0.2, -0.15) is 0 Å². The highest BCUT2D eigenvalue weighted by Gasteiger charge is 2.35. The smallest absolute Gasteiger partial charge is 0.122 e. The molecule has 1 aliphatic rings. The summed E-state index contributed by atoms with van der Waals surface area (Å²) in [5.74, 6) is 2.17. The lowest BCUT2D eigenvalue weighted by molar-refractivity contribution is 0.0690. The van der Waals surface area contributed by atoms with Crippen molar-refractivity contribution in [2.24, 2.45) is 5.41 Å². The zero-order valence-corrected chi connectivity index (χ0v) is 14.8. The van der Waals surface area contributed by atoms with Crippen LogP contribution in [0.3, 0.4) is 0 Å². The first-order chi connectivity index (χ1) is 8.39. The van der Waals surface area contributed by atoms with Crippen molar-refractivity contribution < 1.29 is 4.42 Å². The van der Waals surface area contributed by atoms with Crippen LogP contribution in [0.5, 0.6) is 0 Å². The second-order valence-electron chi connectivity index (χ2n) is 6.44. The molecule has 20 heavy (non-hydrogen) atoms. The minimum absolute atomic E-state index is 0. The Kier molecular flexibility index (Phi) is 7.61. The number of rotatable bonds is 2. The molecule has 0 bridgehead atoms. The van der Waals surface area contributed by atoms with E-state index in [4.69, 9.17) is 4.42 Å². The summed E-state index contributed by atoms with van der Waals surface area (Å²) in [4.78, 5) is 2.55. The molecule has 1 fully saturated rings. The quantitative estimate of drug-likeness (QED) is 0.899.